The molecule has 2 amide bonds. The van der Waals surface area contributed by atoms with Crippen molar-refractivity contribution in [2.45, 2.75) is 63.8 Å². The molecule has 190 valence electrons. The number of rotatable bonds is 7. The topological polar surface area (TPSA) is 105 Å². The lowest BCUT2D eigenvalue weighted by Gasteiger charge is -2.23. The van der Waals surface area contributed by atoms with Gasteiger partial charge in [-0.05, 0) is 42.2 Å². The number of amides is 2. The predicted octanol–water partition coefficient (Wildman–Crippen LogP) is 4.85. The van der Waals surface area contributed by atoms with Crippen molar-refractivity contribution in [1.29, 1.82) is 0 Å². The second-order valence-electron chi connectivity index (χ2n) is 9.75. The van der Waals surface area contributed by atoms with Gasteiger partial charge in [0.05, 0.1) is 33.4 Å². The van der Waals surface area contributed by atoms with E-state index in [2.05, 4.69) is 43.0 Å². The molecule has 0 bridgehead atoms. The number of hydrogen-bond donors (Lipinski definition) is 1. The Morgan fingerprint density at radius 2 is 1.86 bits per heavy atom. The van der Waals surface area contributed by atoms with E-state index in [0.717, 1.165) is 40.3 Å². The number of carbonyl (C=O) groups is 1. The van der Waals surface area contributed by atoms with Crippen LogP contribution in [0.5, 0.6) is 0 Å². The zero-order valence-corrected chi connectivity index (χ0v) is 22.3. The summed E-state index contributed by atoms with van der Waals surface area (Å²) in [6, 6.07) is 10.3. The Labute approximate surface area is 213 Å². The molecule has 1 aliphatic rings. The van der Waals surface area contributed by atoms with Crippen LogP contribution in [-0.4, -0.2) is 41.7 Å². The van der Waals surface area contributed by atoms with Crippen LogP contribution in [0.15, 0.2) is 53.8 Å². The number of nitrogens with one attached hydrogen (secondary N) is 1. The molecule has 0 fully saturated rings. The maximum atomic E-state index is 13.2. The molecular formula is C27H33N5O3S. The molecule has 3 heterocycles. The van der Waals surface area contributed by atoms with E-state index in [1.54, 1.807) is 48.6 Å². The molecule has 0 aliphatic carbocycles. The highest BCUT2D eigenvalue weighted by Gasteiger charge is 2.42. The summed E-state index contributed by atoms with van der Waals surface area (Å²) in [6.45, 7) is 10.9. The van der Waals surface area contributed by atoms with Gasteiger partial charge in [-0.1, -0.05) is 46.8 Å². The lowest BCUT2D eigenvalue weighted by molar-refractivity contribution is 0.245. The average Bonchev–Trinajstić information content (AvgIpc) is 3.20. The number of hydrogen-bond acceptors (Lipinski definition) is 6. The number of aromatic nitrogens is 3. The van der Waals surface area contributed by atoms with Gasteiger partial charge in [-0.25, -0.2) is 28.2 Å². The van der Waals surface area contributed by atoms with Gasteiger partial charge in [0.1, 0.15) is 6.33 Å². The SMILES string of the molecule is CC[C@@]1(C)CN(C(=O)NCc2ccc(S(=O)(=O)CC)cc2)c2ccc(-c3cncnc3C(C)C)nc21. The van der Waals surface area contributed by atoms with Gasteiger partial charge < -0.3 is 5.32 Å². The summed E-state index contributed by atoms with van der Waals surface area (Å²) in [5.41, 5.74) is 4.90. The number of benzene rings is 1. The van der Waals surface area contributed by atoms with Gasteiger partial charge in [-0.15, -0.1) is 0 Å². The summed E-state index contributed by atoms with van der Waals surface area (Å²) in [4.78, 5) is 29.0. The highest BCUT2D eigenvalue weighted by atomic mass is 32.2. The molecule has 1 aliphatic heterocycles. The van der Waals surface area contributed by atoms with Gasteiger partial charge in [-0.3, -0.25) is 4.90 Å². The van der Waals surface area contributed by atoms with Crippen LogP contribution in [0.2, 0.25) is 0 Å². The van der Waals surface area contributed by atoms with Crippen LogP contribution in [0.3, 0.4) is 0 Å². The van der Waals surface area contributed by atoms with Gasteiger partial charge in [0, 0.05) is 30.3 Å². The molecule has 9 heteroatoms. The molecule has 0 unspecified atom stereocenters. The molecule has 0 spiro atoms. The van der Waals surface area contributed by atoms with Crippen LogP contribution < -0.4 is 10.2 Å². The highest BCUT2D eigenvalue weighted by Crippen LogP contribution is 2.43. The number of sulfone groups is 1. The lowest BCUT2D eigenvalue weighted by atomic mass is 9.85. The summed E-state index contributed by atoms with van der Waals surface area (Å²) in [6.07, 6.45) is 4.19. The van der Waals surface area contributed by atoms with E-state index in [1.165, 1.54) is 0 Å². The third kappa shape index (κ3) is 4.84. The molecule has 36 heavy (non-hydrogen) atoms. The molecule has 1 aromatic carbocycles. The average molecular weight is 508 g/mol. The van der Waals surface area contributed by atoms with Crippen LogP contribution in [0.1, 0.15) is 63.9 Å². The van der Waals surface area contributed by atoms with Crippen molar-refractivity contribution in [2.24, 2.45) is 0 Å². The molecule has 0 saturated heterocycles. The predicted molar refractivity (Wildman–Crippen MR) is 141 cm³/mol. The van der Waals surface area contributed by atoms with Crippen molar-refractivity contribution in [2.75, 3.05) is 17.2 Å². The van der Waals surface area contributed by atoms with Crippen molar-refractivity contribution in [1.82, 2.24) is 20.3 Å². The molecule has 0 saturated carbocycles. The first-order valence-corrected chi connectivity index (χ1v) is 13.9. The van der Waals surface area contributed by atoms with Gasteiger partial charge >= 0.3 is 6.03 Å². The first kappa shape index (κ1) is 25.8. The summed E-state index contributed by atoms with van der Waals surface area (Å²) in [7, 11) is -3.25. The quantitative estimate of drug-likeness (QED) is 0.490. The maximum Gasteiger partial charge on any atom is 0.322 e. The Balaban J connectivity index is 1.57. The molecule has 1 N–H and O–H groups in total. The van der Waals surface area contributed by atoms with E-state index >= 15 is 0 Å². The Bertz CT molecular complexity index is 1370. The van der Waals surface area contributed by atoms with E-state index < -0.39 is 9.84 Å². The van der Waals surface area contributed by atoms with Crippen LogP contribution >= 0.6 is 0 Å². The fourth-order valence-corrected chi connectivity index (χ4v) is 5.37. The Hall–Kier alpha value is -3.33. The van der Waals surface area contributed by atoms with Crippen LogP contribution in [0.4, 0.5) is 10.5 Å². The van der Waals surface area contributed by atoms with Crippen LogP contribution in [-0.2, 0) is 21.8 Å². The van der Waals surface area contributed by atoms with E-state index in [0.29, 0.717) is 18.0 Å². The zero-order chi connectivity index (χ0) is 26.1. The Morgan fingerprint density at radius 1 is 1.14 bits per heavy atom. The minimum atomic E-state index is -3.25. The first-order valence-electron chi connectivity index (χ1n) is 12.3. The number of nitrogens with zero attached hydrogens (tertiary/aromatic N) is 4. The third-order valence-electron chi connectivity index (χ3n) is 6.94. The van der Waals surface area contributed by atoms with Crippen molar-refractivity contribution in [3.63, 3.8) is 0 Å². The van der Waals surface area contributed by atoms with E-state index in [1.807, 2.05) is 12.1 Å². The largest absolute Gasteiger partial charge is 0.334 e. The van der Waals surface area contributed by atoms with Crippen molar-refractivity contribution in [3.05, 3.63) is 65.9 Å². The lowest BCUT2D eigenvalue weighted by Crippen LogP contribution is -2.41. The normalized spacial score (nSPS) is 17.3. The molecule has 0 radical (unpaired) electrons. The van der Waals surface area contributed by atoms with Crippen molar-refractivity contribution in [3.8, 4) is 11.3 Å². The molecule has 2 aromatic heterocycles. The summed E-state index contributed by atoms with van der Waals surface area (Å²) >= 11 is 0. The van der Waals surface area contributed by atoms with Gasteiger partial charge in [0.25, 0.3) is 0 Å². The minimum absolute atomic E-state index is 0.0550. The highest BCUT2D eigenvalue weighted by molar-refractivity contribution is 7.91. The monoisotopic (exact) mass is 507 g/mol. The second kappa shape index (κ2) is 9.97. The fraction of sp³-hybridized carbons (Fsp3) is 0.407. The molecule has 8 nitrogen and oxygen atoms in total. The smallest absolute Gasteiger partial charge is 0.322 e. The number of urea groups is 1. The van der Waals surface area contributed by atoms with Gasteiger partial charge in [-0.2, -0.15) is 0 Å². The standard InChI is InChI=1S/C27H33N5O3S/c1-6-27(5)16-32(26(33)29-14-19-8-10-20(11-9-19)36(34,35)7-2)23-13-12-22(31-25(23)27)21-15-28-17-30-24(21)18(3)4/h8-13,15,17-18H,6-7,14,16H2,1-5H3,(H,29,33)/t27-/m0/s1. The summed E-state index contributed by atoms with van der Waals surface area (Å²) < 4.78 is 24.1. The fourth-order valence-electron chi connectivity index (χ4n) is 4.48. The number of pyridine rings is 1. The summed E-state index contributed by atoms with van der Waals surface area (Å²) in [5, 5.41) is 2.98. The zero-order valence-electron chi connectivity index (χ0n) is 21.4. The third-order valence-corrected chi connectivity index (χ3v) is 8.69. The Kier molecular flexibility index (Phi) is 7.13. The van der Waals surface area contributed by atoms with Gasteiger partial charge in [0.2, 0.25) is 0 Å². The Morgan fingerprint density at radius 3 is 2.50 bits per heavy atom. The molecular weight excluding hydrogens is 474 g/mol. The van der Waals surface area contributed by atoms with Gasteiger partial charge in [0.15, 0.2) is 9.84 Å². The van der Waals surface area contributed by atoms with E-state index in [-0.39, 0.29) is 23.1 Å². The molecule has 1 atom stereocenters. The number of fused-ring (bicyclic) bond motifs is 1. The van der Waals surface area contributed by atoms with E-state index in [9.17, 15) is 13.2 Å². The number of carbonyl (C=O) groups excluding carboxylic acids is 1. The van der Waals surface area contributed by atoms with Crippen LogP contribution in [0, 0.1) is 0 Å². The summed E-state index contributed by atoms with van der Waals surface area (Å²) in [5.74, 6) is 0.286. The second-order valence-corrected chi connectivity index (χ2v) is 12.0. The molecule has 4 rings (SSSR count). The first-order chi connectivity index (χ1) is 17.1. The minimum Gasteiger partial charge on any atom is -0.334 e. The van der Waals surface area contributed by atoms with E-state index in [4.69, 9.17) is 4.98 Å². The molecule has 3 aromatic rings. The maximum absolute atomic E-state index is 13.2. The number of anilines is 1. The van der Waals surface area contributed by atoms with Crippen molar-refractivity contribution < 1.29 is 13.2 Å². The van der Waals surface area contributed by atoms with Crippen LogP contribution in [0.25, 0.3) is 11.3 Å². The van der Waals surface area contributed by atoms with Crippen molar-refractivity contribution >= 4 is 21.6 Å².